The molecule has 4 rings (SSSR count). The van der Waals surface area contributed by atoms with Gasteiger partial charge >= 0.3 is 0 Å². The highest BCUT2D eigenvalue weighted by Crippen LogP contribution is 2.28. The SMILES string of the molecule is O=C(Nc1cnn(CC2COC2)c1N1CCNCC1)c1cscn1. The van der Waals surface area contributed by atoms with Crippen LogP contribution in [0, 0.1) is 5.92 Å². The molecule has 0 spiro atoms. The van der Waals surface area contributed by atoms with E-state index in [9.17, 15) is 4.79 Å². The van der Waals surface area contributed by atoms with E-state index in [0.29, 0.717) is 11.6 Å². The van der Waals surface area contributed by atoms with Crippen molar-refractivity contribution in [1.82, 2.24) is 20.1 Å². The smallest absolute Gasteiger partial charge is 0.275 e. The topological polar surface area (TPSA) is 84.3 Å². The first-order valence-corrected chi connectivity index (χ1v) is 9.04. The van der Waals surface area contributed by atoms with Crippen LogP contribution in [0.25, 0.3) is 0 Å². The molecular weight excluding hydrogens is 328 g/mol. The van der Waals surface area contributed by atoms with Gasteiger partial charge in [-0.3, -0.25) is 4.79 Å². The lowest BCUT2D eigenvalue weighted by Crippen LogP contribution is -2.45. The second kappa shape index (κ2) is 6.88. The molecule has 1 amide bonds. The Morgan fingerprint density at radius 3 is 2.92 bits per heavy atom. The molecule has 0 atom stereocenters. The summed E-state index contributed by atoms with van der Waals surface area (Å²) in [7, 11) is 0. The molecule has 2 N–H and O–H groups in total. The third kappa shape index (κ3) is 3.14. The van der Waals surface area contributed by atoms with E-state index in [1.807, 2.05) is 4.68 Å². The molecule has 2 aliphatic heterocycles. The Bertz CT molecular complexity index is 691. The van der Waals surface area contributed by atoms with Crippen LogP contribution in [-0.4, -0.2) is 60.1 Å². The quantitative estimate of drug-likeness (QED) is 0.825. The van der Waals surface area contributed by atoms with E-state index in [0.717, 1.165) is 57.4 Å². The van der Waals surface area contributed by atoms with Crippen LogP contribution in [0.15, 0.2) is 17.1 Å². The minimum absolute atomic E-state index is 0.195. The number of thiazole rings is 1. The fraction of sp³-hybridized carbons (Fsp3) is 0.533. The van der Waals surface area contributed by atoms with E-state index in [-0.39, 0.29) is 5.91 Å². The van der Waals surface area contributed by atoms with Gasteiger partial charge in [-0.1, -0.05) is 0 Å². The zero-order valence-corrected chi connectivity index (χ0v) is 14.1. The van der Waals surface area contributed by atoms with E-state index in [2.05, 4.69) is 25.6 Å². The molecule has 2 aromatic heterocycles. The minimum atomic E-state index is -0.195. The molecule has 0 bridgehead atoms. The minimum Gasteiger partial charge on any atom is -0.381 e. The maximum Gasteiger partial charge on any atom is 0.275 e. The summed E-state index contributed by atoms with van der Waals surface area (Å²) in [5.41, 5.74) is 2.84. The van der Waals surface area contributed by atoms with Crippen molar-refractivity contribution >= 4 is 28.7 Å². The Morgan fingerprint density at radius 2 is 2.25 bits per heavy atom. The second-order valence-corrected chi connectivity index (χ2v) is 6.75. The van der Waals surface area contributed by atoms with E-state index in [1.54, 1.807) is 17.1 Å². The number of ether oxygens (including phenoxy) is 1. The molecule has 128 valence electrons. The van der Waals surface area contributed by atoms with Gasteiger partial charge in [-0.25, -0.2) is 9.67 Å². The Kier molecular flexibility index (Phi) is 4.46. The summed E-state index contributed by atoms with van der Waals surface area (Å²) in [6.07, 6.45) is 1.74. The van der Waals surface area contributed by atoms with Gasteiger partial charge in [0.1, 0.15) is 11.4 Å². The summed E-state index contributed by atoms with van der Waals surface area (Å²) in [6.45, 7) is 6.02. The van der Waals surface area contributed by atoms with Crippen LogP contribution >= 0.6 is 11.3 Å². The highest BCUT2D eigenvalue weighted by Gasteiger charge is 2.26. The van der Waals surface area contributed by atoms with Crippen LogP contribution < -0.4 is 15.5 Å². The first-order chi connectivity index (χ1) is 11.8. The predicted molar refractivity (Wildman–Crippen MR) is 91.7 cm³/mol. The standard InChI is InChI=1S/C15H20N6O2S/c22-14(13-9-24-10-17-13)19-12-5-18-21(6-11-7-23-8-11)15(12)20-3-1-16-2-4-20/h5,9-11,16H,1-4,6-8H2,(H,19,22). The third-order valence-corrected chi connectivity index (χ3v) is 4.87. The molecule has 4 heterocycles. The van der Waals surface area contributed by atoms with E-state index < -0.39 is 0 Å². The highest BCUT2D eigenvalue weighted by atomic mass is 32.1. The van der Waals surface area contributed by atoms with Crippen molar-refractivity contribution in [3.05, 3.63) is 22.8 Å². The first kappa shape index (κ1) is 15.6. The Balaban J connectivity index is 1.58. The fourth-order valence-corrected chi connectivity index (χ4v) is 3.49. The van der Waals surface area contributed by atoms with Crippen molar-refractivity contribution in [1.29, 1.82) is 0 Å². The summed E-state index contributed by atoms with van der Waals surface area (Å²) < 4.78 is 7.27. The van der Waals surface area contributed by atoms with Gasteiger partial charge < -0.3 is 20.3 Å². The number of amides is 1. The summed E-state index contributed by atoms with van der Waals surface area (Å²) >= 11 is 1.41. The zero-order valence-electron chi connectivity index (χ0n) is 13.3. The van der Waals surface area contributed by atoms with Crippen LogP contribution in [0.2, 0.25) is 0 Å². The van der Waals surface area contributed by atoms with Gasteiger partial charge in [0.25, 0.3) is 5.91 Å². The lowest BCUT2D eigenvalue weighted by Gasteiger charge is -2.32. The monoisotopic (exact) mass is 348 g/mol. The van der Waals surface area contributed by atoms with Crippen molar-refractivity contribution in [3.63, 3.8) is 0 Å². The van der Waals surface area contributed by atoms with Gasteiger partial charge in [-0.2, -0.15) is 5.10 Å². The van der Waals surface area contributed by atoms with Gasteiger partial charge in [0.15, 0.2) is 5.82 Å². The summed E-state index contributed by atoms with van der Waals surface area (Å²) in [5, 5.41) is 12.6. The van der Waals surface area contributed by atoms with Gasteiger partial charge in [0.2, 0.25) is 0 Å². The van der Waals surface area contributed by atoms with Crippen molar-refractivity contribution in [3.8, 4) is 0 Å². The fourth-order valence-electron chi connectivity index (χ4n) is 2.96. The third-order valence-electron chi connectivity index (χ3n) is 4.28. The van der Waals surface area contributed by atoms with Gasteiger partial charge in [0.05, 0.1) is 31.5 Å². The predicted octanol–water partition coefficient (Wildman–Crippen LogP) is 0.648. The molecule has 2 fully saturated rings. The number of aromatic nitrogens is 3. The van der Waals surface area contributed by atoms with Gasteiger partial charge in [-0.05, 0) is 0 Å². The highest BCUT2D eigenvalue weighted by molar-refractivity contribution is 7.07. The lowest BCUT2D eigenvalue weighted by atomic mass is 10.1. The molecule has 0 aromatic carbocycles. The number of rotatable bonds is 5. The van der Waals surface area contributed by atoms with Crippen molar-refractivity contribution < 1.29 is 9.53 Å². The Labute approximate surface area is 143 Å². The lowest BCUT2D eigenvalue weighted by molar-refractivity contribution is -0.0406. The van der Waals surface area contributed by atoms with Gasteiger partial charge in [-0.15, -0.1) is 11.3 Å². The molecule has 24 heavy (non-hydrogen) atoms. The first-order valence-electron chi connectivity index (χ1n) is 8.10. The summed E-state index contributed by atoms with van der Waals surface area (Å²) in [5.74, 6) is 1.28. The maximum atomic E-state index is 12.4. The number of piperazine rings is 1. The summed E-state index contributed by atoms with van der Waals surface area (Å²) in [6, 6.07) is 0. The number of hydrogen-bond donors (Lipinski definition) is 2. The molecule has 2 saturated heterocycles. The second-order valence-electron chi connectivity index (χ2n) is 6.03. The van der Waals surface area contributed by atoms with Crippen LogP contribution in [-0.2, 0) is 11.3 Å². The zero-order chi connectivity index (χ0) is 16.4. The van der Waals surface area contributed by atoms with E-state index in [4.69, 9.17) is 4.74 Å². The number of anilines is 2. The average Bonchev–Trinajstić information content (AvgIpc) is 3.22. The number of carbonyl (C=O) groups excluding carboxylic acids is 1. The molecule has 0 saturated carbocycles. The van der Waals surface area contributed by atoms with Crippen LogP contribution in [0.4, 0.5) is 11.5 Å². The number of hydrogen-bond acceptors (Lipinski definition) is 7. The van der Waals surface area contributed by atoms with Crippen molar-refractivity contribution in [2.45, 2.75) is 6.54 Å². The maximum absolute atomic E-state index is 12.4. The number of nitrogens with zero attached hydrogens (tertiary/aromatic N) is 4. The normalized spacial score (nSPS) is 18.4. The van der Waals surface area contributed by atoms with Crippen molar-refractivity contribution in [2.75, 3.05) is 49.6 Å². The molecule has 2 aromatic rings. The molecule has 9 heteroatoms. The molecule has 0 unspecified atom stereocenters. The van der Waals surface area contributed by atoms with E-state index >= 15 is 0 Å². The molecule has 2 aliphatic rings. The molecular formula is C15H20N6O2S. The largest absolute Gasteiger partial charge is 0.381 e. The molecule has 0 aliphatic carbocycles. The summed E-state index contributed by atoms with van der Waals surface area (Å²) in [4.78, 5) is 18.7. The average molecular weight is 348 g/mol. The molecule has 8 nitrogen and oxygen atoms in total. The van der Waals surface area contributed by atoms with E-state index in [1.165, 1.54) is 11.3 Å². The number of nitrogens with one attached hydrogen (secondary N) is 2. The van der Waals surface area contributed by atoms with Crippen LogP contribution in [0.1, 0.15) is 10.5 Å². The number of carbonyl (C=O) groups is 1. The van der Waals surface area contributed by atoms with Crippen molar-refractivity contribution in [2.24, 2.45) is 5.92 Å². The van der Waals surface area contributed by atoms with Crippen LogP contribution in [0.5, 0.6) is 0 Å². The van der Waals surface area contributed by atoms with Gasteiger partial charge in [0, 0.05) is 37.5 Å². The molecule has 0 radical (unpaired) electrons. The Morgan fingerprint density at radius 1 is 1.42 bits per heavy atom. The Hall–Kier alpha value is -1.97. The van der Waals surface area contributed by atoms with Crippen LogP contribution in [0.3, 0.4) is 0 Å².